The molecular formula is C20H25NO3S. The van der Waals surface area contributed by atoms with Crippen LogP contribution in [0.3, 0.4) is 0 Å². The zero-order chi connectivity index (χ0) is 18.2. The summed E-state index contributed by atoms with van der Waals surface area (Å²) >= 11 is 1.71. The van der Waals surface area contributed by atoms with Crippen LogP contribution in [-0.2, 0) is 11.3 Å². The molecule has 25 heavy (non-hydrogen) atoms. The number of nitrogens with zero attached hydrogens (tertiary/aromatic N) is 1. The van der Waals surface area contributed by atoms with Crippen molar-refractivity contribution in [3.05, 3.63) is 53.6 Å². The van der Waals surface area contributed by atoms with Crippen LogP contribution < -0.4 is 9.47 Å². The minimum absolute atomic E-state index is 0.134. The molecule has 134 valence electrons. The maximum Gasteiger partial charge on any atom is 0.223 e. The summed E-state index contributed by atoms with van der Waals surface area (Å²) in [5.74, 6) is 2.28. The van der Waals surface area contributed by atoms with Crippen LogP contribution in [0.1, 0.15) is 17.5 Å². The van der Waals surface area contributed by atoms with E-state index in [0.29, 0.717) is 24.5 Å². The molecule has 0 aliphatic heterocycles. The van der Waals surface area contributed by atoms with Crippen molar-refractivity contribution in [2.75, 3.05) is 27.0 Å². The van der Waals surface area contributed by atoms with Gasteiger partial charge in [-0.1, -0.05) is 23.8 Å². The molecule has 1 amide bonds. The van der Waals surface area contributed by atoms with Crippen LogP contribution in [-0.4, -0.2) is 37.8 Å². The van der Waals surface area contributed by atoms with Gasteiger partial charge < -0.3 is 14.4 Å². The Bertz CT molecular complexity index is 701. The Hall–Kier alpha value is -2.14. The predicted molar refractivity (Wildman–Crippen MR) is 103 cm³/mol. The molecule has 0 saturated carbocycles. The molecule has 2 rings (SSSR count). The van der Waals surface area contributed by atoms with Gasteiger partial charge >= 0.3 is 0 Å². The van der Waals surface area contributed by atoms with E-state index in [9.17, 15) is 4.79 Å². The molecule has 0 fully saturated rings. The number of ether oxygens (including phenoxy) is 2. The molecule has 0 N–H and O–H groups in total. The zero-order valence-electron chi connectivity index (χ0n) is 15.2. The first-order valence-corrected chi connectivity index (χ1v) is 9.16. The number of methoxy groups -OCH3 is 2. The van der Waals surface area contributed by atoms with Gasteiger partial charge in [-0.25, -0.2) is 0 Å². The SMILES string of the molecule is COc1ccc(CN(C)C(=O)CCSc2ccc(C)cc2)cc1OC. The average Bonchev–Trinajstić information content (AvgIpc) is 2.63. The van der Waals surface area contributed by atoms with Crippen LogP contribution in [0.5, 0.6) is 11.5 Å². The number of thioether (sulfide) groups is 1. The van der Waals surface area contributed by atoms with Gasteiger partial charge in [0.1, 0.15) is 0 Å². The summed E-state index contributed by atoms with van der Waals surface area (Å²) in [6, 6.07) is 14.1. The Morgan fingerprint density at radius 1 is 1.04 bits per heavy atom. The molecule has 0 heterocycles. The summed E-state index contributed by atoms with van der Waals surface area (Å²) in [6.45, 7) is 2.62. The molecular weight excluding hydrogens is 334 g/mol. The van der Waals surface area contributed by atoms with E-state index in [1.165, 1.54) is 10.5 Å². The first-order valence-electron chi connectivity index (χ1n) is 8.18. The molecule has 4 nitrogen and oxygen atoms in total. The van der Waals surface area contributed by atoms with E-state index in [4.69, 9.17) is 9.47 Å². The first-order chi connectivity index (χ1) is 12.0. The summed E-state index contributed by atoms with van der Waals surface area (Å²) in [5.41, 5.74) is 2.26. The van der Waals surface area contributed by atoms with Crippen LogP contribution in [0.15, 0.2) is 47.4 Å². The molecule has 2 aromatic rings. The highest BCUT2D eigenvalue weighted by Crippen LogP contribution is 2.28. The second-order valence-corrected chi connectivity index (χ2v) is 7.02. The summed E-state index contributed by atoms with van der Waals surface area (Å²) in [5, 5.41) is 0. The van der Waals surface area contributed by atoms with Gasteiger partial charge in [0.05, 0.1) is 14.2 Å². The minimum Gasteiger partial charge on any atom is -0.493 e. The van der Waals surface area contributed by atoms with E-state index >= 15 is 0 Å². The maximum atomic E-state index is 12.3. The lowest BCUT2D eigenvalue weighted by Crippen LogP contribution is -2.26. The number of carbonyl (C=O) groups excluding carboxylic acids is 1. The monoisotopic (exact) mass is 359 g/mol. The van der Waals surface area contributed by atoms with Crippen molar-refractivity contribution in [2.45, 2.75) is 24.8 Å². The summed E-state index contributed by atoms with van der Waals surface area (Å²) in [4.78, 5) is 15.3. The highest BCUT2D eigenvalue weighted by molar-refractivity contribution is 7.99. The van der Waals surface area contributed by atoms with Crippen molar-refractivity contribution in [3.8, 4) is 11.5 Å². The molecule has 0 bridgehead atoms. The quantitative estimate of drug-likeness (QED) is 0.664. The fourth-order valence-corrected chi connectivity index (χ4v) is 3.26. The van der Waals surface area contributed by atoms with E-state index in [1.54, 1.807) is 30.9 Å². The van der Waals surface area contributed by atoms with Gasteiger partial charge in [0.15, 0.2) is 11.5 Å². The Morgan fingerprint density at radius 3 is 2.36 bits per heavy atom. The number of aryl methyl sites for hydroxylation is 1. The minimum atomic E-state index is 0.134. The van der Waals surface area contributed by atoms with Crippen molar-refractivity contribution in [1.29, 1.82) is 0 Å². The molecule has 0 aliphatic carbocycles. The summed E-state index contributed by atoms with van der Waals surface area (Å²) in [6.07, 6.45) is 0.516. The Balaban J connectivity index is 1.84. The largest absolute Gasteiger partial charge is 0.493 e. The molecule has 0 spiro atoms. The highest BCUT2D eigenvalue weighted by atomic mass is 32.2. The van der Waals surface area contributed by atoms with Gasteiger partial charge in [-0.3, -0.25) is 4.79 Å². The maximum absolute atomic E-state index is 12.3. The predicted octanol–water partition coefficient (Wildman–Crippen LogP) is 4.15. The van der Waals surface area contributed by atoms with Gasteiger partial charge in [-0.15, -0.1) is 11.8 Å². The average molecular weight is 359 g/mol. The third-order valence-corrected chi connectivity index (χ3v) is 4.91. The van der Waals surface area contributed by atoms with Crippen molar-refractivity contribution in [1.82, 2.24) is 4.90 Å². The Morgan fingerprint density at radius 2 is 1.72 bits per heavy atom. The van der Waals surface area contributed by atoms with Crippen LogP contribution in [0.25, 0.3) is 0 Å². The van der Waals surface area contributed by atoms with E-state index in [0.717, 1.165) is 11.3 Å². The molecule has 0 saturated heterocycles. The number of hydrogen-bond acceptors (Lipinski definition) is 4. The van der Waals surface area contributed by atoms with Crippen molar-refractivity contribution >= 4 is 17.7 Å². The van der Waals surface area contributed by atoms with Gasteiger partial charge in [-0.2, -0.15) is 0 Å². The molecule has 0 aliphatic rings. The van der Waals surface area contributed by atoms with E-state index < -0.39 is 0 Å². The Kier molecular flexibility index (Phi) is 7.19. The van der Waals surface area contributed by atoms with Crippen molar-refractivity contribution in [3.63, 3.8) is 0 Å². The third-order valence-electron chi connectivity index (χ3n) is 3.90. The van der Waals surface area contributed by atoms with Crippen LogP contribution in [0.4, 0.5) is 0 Å². The number of amides is 1. The lowest BCUT2D eigenvalue weighted by atomic mass is 10.2. The van der Waals surface area contributed by atoms with E-state index in [1.807, 2.05) is 25.2 Å². The van der Waals surface area contributed by atoms with E-state index in [2.05, 4.69) is 31.2 Å². The fraction of sp³-hybridized carbons (Fsp3) is 0.350. The Labute approximate surface area is 154 Å². The number of benzene rings is 2. The van der Waals surface area contributed by atoms with Crippen LogP contribution >= 0.6 is 11.8 Å². The number of carbonyl (C=O) groups is 1. The van der Waals surface area contributed by atoms with Gasteiger partial charge in [0, 0.05) is 30.7 Å². The second-order valence-electron chi connectivity index (χ2n) is 5.85. The standard InChI is InChI=1S/C20H25NO3S/c1-15-5-8-17(9-6-15)25-12-11-20(22)21(2)14-16-7-10-18(23-3)19(13-16)24-4/h5-10,13H,11-12,14H2,1-4H3. The van der Waals surface area contributed by atoms with Crippen LogP contribution in [0, 0.1) is 6.92 Å². The normalized spacial score (nSPS) is 10.4. The molecule has 0 aromatic heterocycles. The van der Waals surface area contributed by atoms with Crippen molar-refractivity contribution < 1.29 is 14.3 Å². The lowest BCUT2D eigenvalue weighted by Gasteiger charge is -2.18. The molecule has 0 radical (unpaired) electrons. The third kappa shape index (κ3) is 5.71. The molecule has 2 aromatic carbocycles. The summed E-state index contributed by atoms with van der Waals surface area (Å²) < 4.78 is 10.5. The molecule has 0 unspecified atom stereocenters. The smallest absolute Gasteiger partial charge is 0.223 e. The van der Waals surface area contributed by atoms with Gasteiger partial charge in [0.25, 0.3) is 0 Å². The molecule has 0 atom stereocenters. The van der Waals surface area contributed by atoms with Gasteiger partial charge in [0.2, 0.25) is 5.91 Å². The second kappa shape index (κ2) is 9.37. The van der Waals surface area contributed by atoms with Crippen molar-refractivity contribution in [2.24, 2.45) is 0 Å². The number of rotatable bonds is 8. The fourth-order valence-electron chi connectivity index (χ4n) is 2.42. The zero-order valence-corrected chi connectivity index (χ0v) is 16.1. The molecule has 5 heteroatoms. The first kappa shape index (κ1) is 19.2. The van der Waals surface area contributed by atoms with E-state index in [-0.39, 0.29) is 5.91 Å². The summed E-state index contributed by atoms with van der Waals surface area (Å²) in [7, 11) is 5.05. The van der Waals surface area contributed by atoms with Gasteiger partial charge in [-0.05, 0) is 36.8 Å². The van der Waals surface area contributed by atoms with Crippen LogP contribution in [0.2, 0.25) is 0 Å². The highest BCUT2D eigenvalue weighted by Gasteiger charge is 2.11. The number of hydrogen-bond donors (Lipinski definition) is 0. The topological polar surface area (TPSA) is 38.8 Å². The lowest BCUT2D eigenvalue weighted by molar-refractivity contribution is -0.129.